The van der Waals surface area contributed by atoms with Crippen molar-refractivity contribution in [2.45, 2.75) is 32.4 Å². The third-order valence-electron chi connectivity index (χ3n) is 4.82. The first-order chi connectivity index (χ1) is 13.7. The standard InChI is InChI=1S/C20H23N5O3/c1-2-25-17(8-10-21-25)20(26)24-12-16(13-24)19-22-18(23-28-19)9-11-27-14-15-6-4-3-5-7-15/h3-8,10,16H,2,9,11-14H2,1H3. The number of hydrogen-bond acceptors (Lipinski definition) is 6. The Morgan fingerprint density at radius 1 is 1.25 bits per heavy atom. The Morgan fingerprint density at radius 3 is 2.86 bits per heavy atom. The van der Waals surface area contributed by atoms with E-state index in [1.807, 2.05) is 37.3 Å². The lowest BCUT2D eigenvalue weighted by Crippen LogP contribution is -2.49. The fourth-order valence-corrected chi connectivity index (χ4v) is 3.19. The van der Waals surface area contributed by atoms with Crippen LogP contribution in [0.4, 0.5) is 0 Å². The van der Waals surface area contributed by atoms with E-state index >= 15 is 0 Å². The molecule has 8 nitrogen and oxygen atoms in total. The van der Waals surface area contributed by atoms with Crippen molar-refractivity contribution in [3.05, 3.63) is 65.6 Å². The smallest absolute Gasteiger partial charge is 0.272 e. The minimum atomic E-state index is -0.00958. The van der Waals surface area contributed by atoms with Crippen molar-refractivity contribution in [3.8, 4) is 0 Å². The monoisotopic (exact) mass is 381 g/mol. The number of benzene rings is 1. The Morgan fingerprint density at radius 2 is 2.07 bits per heavy atom. The molecule has 1 fully saturated rings. The van der Waals surface area contributed by atoms with Crippen LogP contribution in [0.15, 0.2) is 47.1 Å². The second kappa shape index (κ2) is 8.35. The largest absolute Gasteiger partial charge is 0.376 e. The second-order valence-corrected chi connectivity index (χ2v) is 6.78. The summed E-state index contributed by atoms with van der Waals surface area (Å²) in [6.45, 7) is 4.90. The van der Waals surface area contributed by atoms with Crippen molar-refractivity contribution in [2.75, 3.05) is 19.7 Å². The average molecular weight is 381 g/mol. The minimum absolute atomic E-state index is 0.00958. The van der Waals surface area contributed by atoms with Crippen LogP contribution in [0.2, 0.25) is 0 Å². The van der Waals surface area contributed by atoms with E-state index in [2.05, 4.69) is 15.2 Å². The molecule has 0 radical (unpaired) electrons. The van der Waals surface area contributed by atoms with Gasteiger partial charge in [-0.3, -0.25) is 9.48 Å². The fourth-order valence-electron chi connectivity index (χ4n) is 3.19. The van der Waals surface area contributed by atoms with Gasteiger partial charge >= 0.3 is 0 Å². The van der Waals surface area contributed by atoms with Gasteiger partial charge in [-0.25, -0.2) is 0 Å². The van der Waals surface area contributed by atoms with Crippen LogP contribution in [0.5, 0.6) is 0 Å². The number of amides is 1. The van der Waals surface area contributed by atoms with E-state index in [9.17, 15) is 4.79 Å². The maximum absolute atomic E-state index is 12.5. The van der Waals surface area contributed by atoms with Gasteiger partial charge in [0.25, 0.3) is 5.91 Å². The molecule has 1 saturated heterocycles. The number of carbonyl (C=O) groups is 1. The Bertz CT molecular complexity index is 915. The molecule has 3 heterocycles. The number of ether oxygens (including phenoxy) is 1. The molecule has 2 aromatic heterocycles. The predicted molar refractivity (Wildman–Crippen MR) is 101 cm³/mol. The summed E-state index contributed by atoms with van der Waals surface area (Å²) >= 11 is 0. The maximum atomic E-state index is 12.5. The van der Waals surface area contributed by atoms with Crippen molar-refractivity contribution in [1.82, 2.24) is 24.8 Å². The first-order valence-electron chi connectivity index (χ1n) is 9.50. The topological polar surface area (TPSA) is 86.3 Å². The van der Waals surface area contributed by atoms with Crippen LogP contribution in [-0.2, 0) is 24.3 Å². The molecule has 146 valence electrons. The van der Waals surface area contributed by atoms with Crippen LogP contribution in [0.1, 0.15) is 40.6 Å². The zero-order valence-corrected chi connectivity index (χ0v) is 15.8. The van der Waals surface area contributed by atoms with Gasteiger partial charge in [-0.15, -0.1) is 0 Å². The van der Waals surface area contributed by atoms with Gasteiger partial charge in [-0.2, -0.15) is 10.1 Å². The van der Waals surface area contributed by atoms with Crippen LogP contribution in [-0.4, -0.2) is 50.4 Å². The summed E-state index contributed by atoms with van der Waals surface area (Å²) in [7, 11) is 0. The van der Waals surface area contributed by atoms with E-state index < -0.39 is 0 Å². The zero-order valence-electron chi connectivity index (χ0n) is 15.8. The maximum Gasteiger partial charge on any atom is 0.272 e. The van der Waals surface area contributed by atoms with Gasteiger partial charge in [-0.05, 0) is 18.6 Å². The molecule has 0 N–H and O–H groups in total. The van der Waals surface area contributed by atoms with E-state index in [0.29, 0.717) is 56.7 Å². The Labute approximate surface area is 163 Å². The molecule has 1 aliphatic rings. The summed E-state index contributed by atoms with van der Waals surface area (Å²) in [6, 6.07) is 11.8. The number of nitrogens with zero attached hydrogens (tertiary/aromatic N) is 5. The Balaban J connectivity index is 1.23. The lowest BCUT2D eigenvalue weighted by atomic mass is 9.99. The van der Waals surface area contributed by atoms with Crippen LogP contribution in [0.25, 0.3) is 0 Å². The van der Waals surface area contributed by atoms with Crippen molar-refractivity contribution in [2.24, 2.45) is 0 Å². The van der Waals surface area contributed by atoms with Crippen molar-refractivity contribution in [1.29, 1.82) is 0 Å². The second-order valence-electron chi connectivity index (χ2n) is 6.78. The fraction of sp³-hybridized carbons (Fsp3) is 0.400. The minimum Gasteiger partial charge on any atom is -0.376 e. The predicted octanol–water partition coefficient (Wildman–Crippen LogP) is 2.28. The van der Waals surface area contributed by atoms with E-state index in [1.165, 1.54) is 0 Å². The third-order valence-corrected chi connectivity index (χ3v) is 4.82. The molecule has 0 saturated carbocycles. The first kappa shape index (κ1) is 18.4. The van der Waals surface area contributed by atoms with Gasteiger partial charge in [0.2, 0.25) is 5.89 Å². The van der Waals surface area contributed by atoms with Gasteiger partial charge < -0.3 is 14.2 Å². The highest BCUT2D eigenvalue weighted by molar-refractivity contribution is 5.93. The highest BCUT2D eigenvalue weighted by Gasteiger charge is 2.36. The van der Waals surface area contributed by atoms with E-state index in [1.54, 1.807) is 21.8 Å². The van der Waals surface area contributed by atoms with Crippen LogP contribution in [0.3, 0.4) is 0 Å². The summed E-state index contributed by atoms with van der Waals surface area (Å²) in [4.78, 5) is 18.8. The quantitative estimate of drug-likeness (QED) is 0.557. The molecule has 28 heavy (non-hydrogen) atoms. The number of hydrogen-bond donors (Lipinski definition) is 0. The van der Waals surface area contributed by atoms with Gasteiger partial charge in [0.15, 0.2) is 5.82 Å². The Hall–Kier alpha value is -3.00. The molecule has 0 aliphatic carbocycles. The van der Waals surface area contributed by atoms with Gasteiger partial charge in [0.1, 0.15) is 5.69 Å². The molecular formula is C20H23N5O3. The number of aromatic nitrogens is 4. The first-order valence-corrected chi connectivity index (χ1v) is 9.50. The molecule has 0 spiro atoms. The van der Waals surface area contributed by atoms with E-state index in [-0.39, 0.29) is 11.8 Å². The molecule has 0 bridgehead atoms. The molecule has 8 heteroatoms. The molecule has 1 amide bonds. The summed E-state index contributed by atoms with van der Waals surface area (Å²) in [5, 5.41) is 8.18. The van der Waals surface area contributed by atoms with Crippen LogP contribution in [0, 0.1) is 0 Å². The van der Waals surface area contributed by atoms with Gasteiger partial charge in [0.05, 0.1) is 19.1 Å². The third kappa shape index (κ3) is 3.96. The van der Waals surface area contributed by atoms with E-state index in [0.717, 1.165) is 5.56 Å². The van der Waals surface area contributed by atoms with Crippen LogP contribution < -0.4 is 0 Å². The molecule has 4 rings (SSSR count). The van der Waals surface area contributed by atoms with Crippen LogP contribution >= 0.6 is 0 Å². The van der Waals surface area contributed by atoms with Gasteiger partial charge in [-0.1, -0.05) is 35.5 Å². The van der Waals surface area contributed by atoms with E-state index in [4.69, 9.17) is 9.26 Å². The average Bonchev–Trinajstić information content (AvgIpc) is 3.34. The SMILES string of the molecule is CCn1nccc1C(=O)N1CC(c2nc(CCOCc3ccccc3)no2)C1. The van der Waals surface area contributed by atoms with Crippen molar-refractivity contribution < 1.29 is 14.1 Å². The molecule has 1 aliphatic heterocycles. The highest BCUT2D eigenvalue weighted by Crippen LogP contribution is 2.27. The number of rotatable bonds is 8. The summed E-state index contributed by atoms with van der Waals surface area (Å²) in [5.41, 5.74) is 1.75. The zero-order chi connectivity index (χ0) is 19.3. The summed E-state index contributed by atoms with van der Waals surface area (Å²) < 4.78 is 12.7. The summed E-state index contributed by atoms with van der Waals surface area (Å²) in [5.74, 6) is 1.31. The number of aryl methyl sites for hydroxylation is 1. The van der Waals surface area contributed by atoms with Crippen molar-refractivity contribution in [3.63, 3.8) is 0 Å². The number of likely N-dealkylation sites (tertiary alicyclic amines) is 1. The molecule has 1 aromatic carbocycles. The molecule has 0 atom stereocenters. The molecule has 3 aromatic rings. The molecule has 0 unspecified atom stereocenters. The highest BCUT2D eigenvalue weighted by atomic mass is 16.5. The molecular weight excluding hydrogens is 358 g/mol. The normalized spacial score (nSPS) is 14.2. The van der Waals surface area contributed by atoms with Crippen molar-refractivity contribution >= 4 is 5.91 Å². The van der Waals surface area contributed by atoms with Gasteiger partial charge in [0, 0.05) is 32.3 Å². The summed E-state index contributed by atoms with van der Waals surface area (Å²) in [6.07, 6.45) is 2.25. The lowest BCUT2D eigenvalue weighted by molar-refractivity contribution is 0.0556. The lowest BCUT2D eigenvalue weighted by Gasteiger charge is -2.36. The number of carbonyl (C=O) groups excluding carboxylic acids is 1. The Kier molecular flexibility index (Phi) is 5.48.